The van der Waals surface area contributed by atoms with Gasteiger partial charge in [-0.05, 0) is 74.0 Å². The van der Waals surface area contributed by atoms with E-state index in [1.807, 2.05) is 12.1 Å². The highest BCUT2D eigenvalue weighted by Crippen LogP contribution is 2.55. The molecule has 5 aliphatic rings. The number of halogens is 1. The normalized spacial score (nSPS) is 34.4. The lowest BCUT2D eigenvalue weighted by Gasteiger charge is -2.56. The van der Waals surface area contributed by atoms with Crippen LogP contribution in [0, 0.1) is 17.8 Å². The van der Waals surface area contributed by atoms with Crippen LogP contribution >= 0.6 is 11.6 Å². The molecule has 1 heterocycles. The van der Waals surface area contributed by atoms with Crippen LogP contribution in [0.4, 0.5) is 0 Å². The molecule has 0 spiro atoms. The van der Waals surface area contributed by atoms with Crippen LogP contribution in [-0.4, -0.2) is 24.7 Å². The molecular formula is C21H26ClNO3. The van der Waals surface area contributed by atoms with E-state index in [0.717, 1.165) is 29.7 Å². The van der Waals surface area contributed by atoms with Crippen LogP contribution in [0.25, 0.3) is 0 Å². The summed E-state index contributed by atoms with van der Waals surface area (Å²) in [5.41, 5.74) is 0.947. The van der Waals surface area contributed by atoms with E-state index in [4.69, 9.17) is 21.1 Å². The van der Waals surface area contributed by atoms with Gasteiger partial charge in [-0.3, -0.25) is 4.79 Å². The number of carbonyl (C=O) groups is 1. The highest BCUT2D eigenvalue weighted by atomic mass is 35.5. The van der Waals surface area contributed by atoms with E-state index >= 15 is 0 Å². The van der Waals surface area contributed by atoms with E-state index in [0.29, 0.717) is 36.2 Å². The number of rotatable bonds is 3. The van der Waals surface area contributed by atoms with E-state index in [1.54, 1.807) is 0 Å². The Bertz CT molecular complexity index is 697. The van der Waals surface area contributed by atoms with Gasteiger partial charge in [0.05, 0.1) is 24.7 Å². The van der Waals surface area contributed by atoms with Gasteiger partial charge in [-0.15, -0.1) is 0 Å². The molecular weight excluding hydrogens is 350 g/mol. The molecule has 6 rings (SSSR count). The summed E-state index contributed by atoms with van der Waals surface area (Å²) in [5.74, 6) is 3.86. The highest BCUT2D eigenvalue weighted by molar-refractivity contribution is 6.32. The van der Waals surface area contributed by atoms with Crippen molar-refractivity contribution in [2.75, 3.05) is 13.2 Å². The third-order valence-electron chi connectivity index (χ3n) is 6.67. The fraction of sp³-hybridized carbons (Fsp3) is 0.667. The lowest BCUT2D eigenvalue weighted by molar-refractivity contribution is -0.126. The first-order chi connectivity index (χ1) is 12.6. The van der Waals surface area contributed by atoms with Gasteiger partial charge in [0.15, 0.2) is 11.5 Å². The standard InChI is InChI=1S/C21H26ClNO3/c22-17-7-13(8-18-20(17)26-3-1-2-25-18)9-19(24)23-21-10-14-4-15(11-21)6-16(5-14)12-21/h7-8,14-16H,1-6,9-12H2,(H,23,24). The third-order valence-corrected chi connectivity index (χ3v) is 6.95. The van der Waals surface area contributed by atoms with Crippen molar-refractivity contribution in [2.45, 2.75) is 56.9 Å². The van der Waals surface area contributed by atoms with Crippen molar-refractivity contribution >= 4 is 17.5 Å². The van der Waals surface area contributed by atoms with Gasteiger partial charge in [-0.25, -0.2) is 0 Å². The predicted octanol–water partition coefficient (Wildman–Crippen LogP) is 4.13. The molecule has 4 bridgehead atoms. The monoisotopic (exact) mass is 375 g/mol. The average Bonchev–Trinajstić information content (AvgIpc) is 2.78. The lowest BCUT2D eigenvalue weighted by Crippen LogP contribution is -2.60. The predicted molar refractivity (Wildman–Crippen MR) is 99.8 cm³/mol. The molecule has 1 aromatic carbocycles. The van der Waals surface area contributed by atoms with E-state index in [9.17, 15) is 4.79 Å². The second kappa shape index (κ2) is 6.33. The smallest absolute Gasteiger partial charge is 0.224 e. The minimum atomic E-state index is 0.0565. The first kappa shape index (κ1) is 16.7. The van der Waals surface area contributed by atoms with Crippen LogP contribution < -0.4 is 14.8 Å². The van der Waals surface area contributed by atoms with Crippen molar-refractivity contribution < 1.29 is 14.3 Å². The largest absolute Gasteiger partial charge is 0.489 e. The zero-order chi connectivity index (χ0) is 17.7. The van der Waals surface area contributed by atoms with Crippen molar-refractivity contribution in [1.29, 1.82) is 0 Å². The van der Waals surface area contributed by atoms with Gasteiger partial charge in [0, 0.05) is 12.0 Å². The maximum atomic E-state index is 12.8. The third kappa shape index (κ3) is 3.06. The molecule has 4 fully saturated rings. The maximum absolute atomic E-state index is 12.8. The van der Waals surface area contributed by atoms with Crippen LogP contribution in [0.3, 0.4) is 0 Å². The Labute approximate surface area is 159 Å². The molecule has 1 aliphatic heterocycles. The summed E-state index contributed by atoms with van der Waals surface area (Å²) in [4.78, 5) is 12.8. The molecule has 0 saturated heterocycles. The van der Waals surface area contributed by atoms with Crippen LogP contribution in [0.2, 0.25) is 5.02 Å². The summed E-state index contributed by atoms with van der Waals surface area (Å²) < 4.78 is 11.4. The zero-order valence-corrected chi connectivity index (χ0v) is 15.8. The topological polar surface area (TPSA) is 47.6 Å². The number of ether oxygens (including phenoxy) is 2. The van der Waals surface area contributed by atoms with Gasteiger partial charge in [0.25, 0.3) is 0 Å². The first-order valence-electron chi connectivity index (χ1n) is 9.98. The molecule has 1 aromatic rings. The van der Waals surface area contributed by atoms with Gasteiger partial charge >= 0.3 is 0 Å². The Morgan fingerprint density at radius 1 is 1.08 bits per heavy atom. The minimum absolute atomic E-state index is 0.0565. The molecule has 0 atom stereocenters. The van der Waals surface area contributed by atoms with E-state index < -0.39 is 0 Å². The highest BCUT2D eigenvalue weighted by Gasteiger charge is 2.51. The molecule has 26 heavy (non-hydrogen) atoms. The molecule has 4 aliphatic carbocycles. The molecule has 0 aromatic heterocycles. The number of hydrogen-bond donors (Lipinski definition) is 1. The number of carbonyl (C=O) groups excluding carboxylic acids is 1. The van der Waals surface area contributed by atoms with Gasteiger partial charge in [0.1, 0.15) is 0 Å². The molecule has 5 heteroatoms. The van der Waals surface area contributed by atoms with Crippen LogP contribution in [0.5, 0.6) is 11.5 Å². The Morgan fingerprint density at radius 3 is 2.42 bits per heavy atom. The Balaban J connectivity index is 1.30. The summed E-state index contributed by atoms with van der Waals surface area (Å²) in [6, 6.07) is 3.75. The number of benzene rings is 1. The Morgan fingerprint density at radius 2 is 1.73 bits per heavy atom. The number of nitrogens with one attached hydrogen (secondary N) is 1. The SMILES string of the molecule is O=C(Cc1cc(Cl)c2c(c1)OCCCO2)NC12CC3CC(CC(C3)C1)C2. The molecule has 0 radical (unpaired) electrons. The van der Waals surface area contributed by atoms with Crippen molar-refractivity contribution in [3.8, 4) is 11.5 Å². The molecule has 140 valence electrons. The maximum Gasteiger partial charge on any atom is 0.224 e. The van der Waals surface area contributed by atoms with Crippen molar-refractivity contribution in [2.24, 2.45) is 17.8 Å². The summed E-state index contributed by atoms with van der Waals surface area (Å²) in [5, 5.41) is 3.96. The zero-order valence-electron chi connectivity index (χ0n) is 15.1. The summed E-state index contributed by atoms with van der Waals surface area (Å²) >= 11 is 6.37. The second-order valence-electron chi connectivity index (χ2n) is 8.88. The van der Waals surface area contributed by atoms with E-state index in [-0.39, 0.29) is 11.4 Å². The van der Waals surface area contributed by atoms with Crippen LogP contribution in [0.1, 0.15) is 50.5 Å². The number of amides is 1. The number of hydrogen-bond acceptors (Lipinski definition) is 3. The summed E-state index contributed by atoms with van der Waals surface area (Å²) in [7, 11) is 0. The van der Waals surface area contributed by atoms with Gasteiger partial charge < -0.3 is 14.8 Å². The average molecular weight is 376 g/mol. The van der Waals surface area contributed by atoms with Crippen molar-refractivity contribution in [1.82, 2.24) is 5.32 Å². The van der Waals surface area contributed by atoms with E-state index in [1.165, 1.54) is 38.5 Å². The molecule has 4 saturated carbocycles. The quantitative estimate of drug-likeness (QED) is 0.864. The van der Waals surface area contributed by atoms with Crippen LogP contribution in [0.15, 0.2) is 12.1 Å². The number of fused-ring (bicyclic) bond motifs is 1. The fourth-order valence-electron chi connectivity index (χ4n) is 6.18. The lowest BCUT2D eigenvalue weighted by atomic mass is 9.53. The molecule has 1 amide bonds. The Kier molecular flexibility index (Phi) is 4.07. The van der Waals surface area contributed by atoms with Gasteiger partial charge in [-0.2, -0.15) is 0 Å². The second-order valence-corrected chi connectivity index (χ2v) is 9.29. The molecule has 1 N–H and O–H groups in total. The summed E-state index contributed by atoms with van der Waals surface area (Å²) in [6.45, 7) is 1.23. The van der Waals surface area contributed by atoms with Gasteiger partial charge in [-0.1, -0.05) is 11.6 Å². The fourth-order valence-corrected chi connectivity index (χ4v) is 6.46. The molecule has 0 unspecified atom stereocenters. The minimum Gasteiger partial charge on any atom is -0.489 e. The summed E-state index contributed by atoms with van der Waals surface area (Å²) in [6.07, 6.45) is 8.85. The van der Waals surface area contributed by atoms with E-state index in [2.05, 4.69) is 5.32 Å². The van der Waals surface area contributed by atoms with Crippen molar-refractivity contribution in [3.63, 3.8) is 0 Å². The molecule has 4 nitrogen and oxygen atoms in total. The van der Waals surface area contributed by atoms with Crippen LogP contribution in [-0.2, 0) is 11.2 Å². The first-order valence-corrected chi connectivity index (χ1v) is 10.4. The van der Waals surface area contributed by atoms with Crippen molar-refractivity contribution in [3.05, 3.63) is 22.7 Å². The van der Waals surface area contributed by atoms with Gasteiger partial charge in [0.2, 0.25) is 5.91 Å². The Hall–Kier alpha value is -1.42.